The Balaban J connectivity index is 11.4. The van der Waals surface area contributed by atoms with Crippen LogP contribution < -0.4 is 0 Å². The highest BCUT2D eigenvalue weighted by molar-refractivity contribution is 5.33. The number of unbranched alkanes of at least 4 members (excludes halogenated alkanes) is 21. The van der Waals surface area contributed by atoms with Gasteiger partial charge < -0.3 is 0 Å². The Morgan fingerprint density at radius 3 is 1.21 bits per heavy atom. The van der Waals surface area contributed by atoms with Gasteiger partial charge in [-0.3, -0.25) is 0 Å². The largest absolute Gasteiger partial charge is 0.0885 e. The van der Waals surface area contributed by atoms with Crippen molar-refractivity contribution < 1.29 is 0 Å². The fraction of sp³-hybridized carbons (Fsp3) is 0.889. The van der Waals surface area contributed by atoms with Crippen molar-refractivity contribution in [1.29, 1.82) is 0 Å². The van der Waals surface area contributed by atoms with E-state index >= 15 is 0 Å². The zero-order chi connectivity index (χ0) is 66.5. The lowest BCUT2D eigenvalue weighted by atomic mass is 9.37. The Kier molecular flexibility index (Phi) is 61.6. The monoisotopic (exact) mass is 1250 g/mol. The van der Waals surface area contributed by atoms with Gasteiger partial charge in [0.2, 0.25) is 0 Å². The van der Waals surface area contributed by atoms with E-state index in [1.54, 1.807) is 0 Å². The normalized spacial score (nSPS) is 16.8. The van der Waals surface area contributed by atoms with Gasteiger partial charge in [-0.05, 0) is 162 Å². The molecule has 0 rings (SSSR count). The number of rotatable bonds is 69. The van der Waals surface area contributed by atoms with Crippen molar-refractivity contribution in [2.75, 3.05) is 0 Å². The molecule has 0 aliphatic heterocycles. The molecule has 0 nitrogen and oxygen atoms in total. The molecule has 0 saturated heterocycles. The van der Waals surface area contributed by atoms with Crippen molar-refractivity contribution >= 4 is 0 Å². The molecule has 0 bridgehead atoms. The first-order valence-electron chi connectivity index (χ1n) is 42.4. The van der Waals surface area contributed by atoms with Crippen LogP contribution in [0.2, 0.25) is 0 Å². The summed E-state index contributed by atoms with van der Waals surface area (Å²) >= 11 is 0. The molecular formula is C90H172. The number of hydrogen-bond acceptors (Lipinski definition) is 0. The van der Waals surface area contributed by atoms with E-state index in [0.29, 0.717) is 5.92 Å². The van der Waals surface area contributed by atoms with Gasteiger partial charge in [-0.15, -0.1) is 0 Å². The van der Waals surface area contributed by atoms with Gasteiger partial charge >= 0.3 is 0 Å². The molecule has 0 heteroatoms. The third kappa shape index (κ3) is 37.9. The third-order valence-electron chi connectivity index (χ3n) is 22.6. The second kappa shape index (κ2) is 62.5. The summed E-state index contributed by atoms with van der Waals surface area (Å²) in [6.07, 6.45) is 101. The minimum absolute atomic E-state index is 0.0298. The Bertz CT molecular complexity index is 1640. The summed E-state index contributed by atoms with van der Waals surface area (Å²) < 4.78 is 0. The third-order valence-corrected chi connectivity index (χ3v) is 22.6. The first-order chi connectivity index (χ1) is 44.1. The quantitative estimate of drug-likeness (QED) is 0.0421. The van der Waals surface area contributed by atoms with Crippen molar-refractivity contribution in [1.82, 2.24) is 0 Å². The molecule has 9 atom stereocenters. The molecule has 532 valence electrons. The molecule has 0 aliphatic carbocycles. The summed E-state index contributed by atoms with van der Waals surface area (Å²) in [5, 5.41) is 0. The zero-order valence-corrected chi connectivity index (χ0v) is 65.3. The summed E-state index contributed by atoms with van der Waals surface area (Å²) in [5.74, 6) is 4.43. The Morgan fingerprint density at radius 2 is 0.689 bits per heavy atom. The smallest absolute Gasteiger partial charge is 0.0158 e. The maximum Gasteiger partial charge on any atom is 0.0158 e. The molecule has 90 heavy (non-hydrogen) atoms. The maximum atomic E-state index is 3.25. The number of hydrogen-bond donors (Lipinski definition) is 0. The van der Waals surface area contributed by atoms with Crippen LogP contribution in [0.1, 0.15) is 463 Å². The molecule has 0 radical (unpaired) electrons. The van der Waals surface area contributed by atoms with Crippen LogP contribution >= 0.6 is 0 Å². The zero-order valence-electron chi connectivity index (χ0n) is 65.3. The summed E-state index contributed by atoms with van der Waals surface area (Å²) in [4.78, 5) is 0. The lowest BCUT2D eigenvalue weighted by Crippen LogP contribution is -2.59. The Labute approximate surface area is 572 Å². The van der Waals surface area contributed by atoms with Gasteiger partial charge in [0.15, 0.2) is 0 Å². The minimum Gasteiger partial charge on any atom is -0.0885 e. The Morgan fingerprint density at radius 1 is 0.289 bits per heavy atom. The van der Waals surface area contributed by atoms with Crippen molar-refractivity contribution in [3.8, 4) is 0 Å². The van der Waals surface area contributed by atoms with Gasteiger partial charge in [0.25, 0.3) is 0 Å². The summed E-state index contributed by atoms with van der Waals surface area (Å²) in [6.45, 7) is 37.5. The fourth-order valence-electron chi connectivity index (χ4n) is 18.0. The molecular weight excluding hydrogens is 1080 g/mol. The van der Waals surface area contributed by atoms with Gasteiger partial charge in [0, 0.05) is 5.41 Å². The number of allylic oxidation sites excluding steroid dienone is 10. The molecule has 0 saturated carbocycles. The van der Waals surface area contributed by atoms with E-state index in [0.717, 1.165) is 36.0 Å². The predicted octanol–water partition coefficient (Wildman–Crippen LogP) is 32.9. The average Bonchev–Trinajstić information content (AvgIpc) is 0.715. The second-order valence-electron chi connectivity index (χ2n) is 30.6. The summed E-state index contributed by atoms with van der Waals surface area (Å²) in [5.41, 5.74) is 2.07. The topological polar surface area (TPSA) is 0 Å². The minimum atomic E-state index is -0.0606. The van der Waals surface area contributed by atoms with Gasteiger partial charge in [-0.1, -0.05) is 408 Å². The van der Waals surface area contributed by atoms with Crippen LogP contribution in [0.3, 0.4) is 0 Å². The van der Waals surface area contributed by atoms with Crippen LogP contribution in [0, 0.1) is 51.8 Å². The average molecular weight is 1250 g/mol. The fourth-order valence-corrected chi connectivity index (χ4v) is 18.0. The van der Waals surface area contributed by atoms with Crippen LogP contribution in [0.15, 0.2) is 60.3 Å². The molecule has 0 heterocycles. The van der Waals surface area contributed by atoms with E-state index in [4.69, 9.17) is 0 Å². The molecule has 9 unspecified atom stereocenters. The Hall–Kier alpha value is -1.30. The van der Waals surface area contributed by atoms with E-state index < -0.39 is 0 Å². The van der Waals surface area contributed by atoms with E-state index in [9.17, 15) is 0 Å². The van der Waals surface area contributed by atoms with E-state index in [1.807, 2.05) is 5.57 Å². The first kappa shape index (κ1) is 88.7. The highest BCUT2D eigenvalue weighted by Crippen LogP contribution is 2.72. The van der Waals surface area contributed by atoms with E-state index in [2.05, 4.69) is 159 Å². The molecule has 0 aliphatic rings. The highest BCUT2D eigenvalue weighted by Gasteiger charge is 2.64. The predicted molar refractivity (Wildman–Crippen MR) is 417 cm³/mol. The summed E-state index contributed by atoms with van der Waals surface area (Å²) in [6, 6.07) is 0. The van der Waals surface area contributed by atoms with Crippen LogP contribution in [0.5, 0.6) is 0 Å². The SMILES string of the molecule is CCC=C(CC(CCC)CCCCC)C(C=CCCCCCC)(CC(CCC)CCCCC)C(CC=CCCCCC)(CC(CCC)CCCCC)C(CCC=CCCCC)(CC(CCC)CCCCC)C(CCCC=CCCC)CC(CCC)CCCCC. The van der Waals surface area contributed by atoms with Crippen LogP contribution in [0.25, 0.3) is 0 Å². The van der Waals surface area contributed by atoms with E-state index in [-0.39, 0.29) is 16.2 Å². The molecule has 0 spiro atoms. The van der Waals surface area contributed by atoms with Crippen molar-refractivity contribution in [2.24, 2.45) is 51.8 Å². The van der Waals surface area contributed by atoms with Crippen molar-refractivity contribution in [3.05, 3.63) is 60.3 Å². The van der Waals surface area contributed by atoms with Gasteiger partial charge in [-0.2, -0.15) is 0 Å². The van der Waals surface area contributed by atoms with Gasteiger partial charge in [-0.25, -0.2) is 0 Å². The van der Waals surface area contributed by atoms with Crippen molar-refractivity contribution in [3.63, 3.8) is 0 Å². The van der Waals surface area contributed by atoms with Crippen LogP contribution in [-0.4, -0.2) is 0 Å². The van der Waals surface area contributed by atoms with Gasteiger partial charge in [0.1, 0.15) is 0 Å². The van der Waals surface area contributed by atoms with Crippen LogP contribution in [0.4, 0.5) is 0 Å². The second-order valence-corrected chi connectivity index (χ2v) is 30.6. The molecule has 0 aromatic carbocycles. The molecule has 0 N–H and O–H groups in total. The lowest BCUT2D eigenvalue weighted by molar-refractivity contribution is -0.140. The van der Waals surface area contributed by atoms with Gasteiger partial charge in [0.05, 0.1) is 0 Å². The molecule has 0 aromatic rings. The lowest BCUT2D eigenvalue weighted by Gasteiger charge is -2.67. The molecule has 0 aromatic heterocycles. The van der Waals surface area contributed by atoms with Crippen LogP contribution in [-0.2, 0) is 0 Å². The first-order valence-corrected chi connectivity index (χ1v) is 42.4. The molecule has 0 fully saturated rings. The standard InChI is InChI=1S/C90H172/c1-16-31-40-44-48-57-72-87(77-82(62-26-11)68-53-36-21-6)89(74-59-50-46-42-33-18-3,79-84(64-28-13)70-55-38-23-8)90(75-60-51-47-43-34-19-4,80-85(65-29-14)71-56-39-24-9)88(73-58-49-45-41-32-17-2,78-83(63-27-12)69-54-37-22-7)86(66-30-15)76-81(61-25-10)67-52-35-20-5/h40,44,46,50-51,58,60,66,73,81-85,87H,16-39,41-43,45,47-49,52-57,59,61-65,67-72,74-80H2,1-15H3. The molecule has 0 amide bonds. The summed E-state index contributed by atoms with van der Waals surface area (Å²) in [7, 11) is 0. The van der Waals surface area contributed by atoms with E-state index in [1.165, 1.54) is 353 Å². The highest BCUT2D eigenvalue weighted by atomic mass is 14.7. The van der Waals surface area contributed by atoms with Crippen molar-refractivity contribution in [2.45, 2.75) is 463 Å². The maximum absolute atomic E-state index is 3.25.